The van der Waals surface area contributed by atoms with E-state index in [0.29, 0.717) is 6.04 Å². The third kappa shape index (κ3) is 4.92. The summed E-state index contributed by atoms with van der Waals surface area (Å²) in [6.45, 7) is 11.3. The van der Waals surface area contributed by atoms with Crippen molar-refractivity contribution >= 4 is 16.3 Å². The van der Waals surface area contributed by atoms with Crippen LogP contribution in [0.25, 0.3) is 0 Å². The molecule has 0 radical (unpaired) electrons. The van der Waals surface area contributed by atoms with Gasteiger partial charge in [0.05, 0.1) is 11.0 Å². The van der Waals surface area contributed by atoms with Gasteiger partial charge in [-0.15, -0.1) is 11.3 Å². The summed E-state index contributed by atoms with van der Waals surface area (Å²) in [6, 6.07) is 9.29. The Balaban J connectivity index is 1.85. The molecule has 1 N–H and O–H groups in total. The Morgan fingerprint density at radius 2 is 1.96 bits per heavy atom. The number of hydrogen-bond donors (Lipinski definition) is 1. The van der Waals surface area contributed by atoms with Crippen LogP contribution in [0.15, 0.2) is 48.9 Å². The molecule has 2 heterocycles. The molecule has 1 aliphatic carbocycles. The molecule has 0 saturated heterocycles. The molecule has 0 amide bonds. The predicted molar refractivity (Wildman–Crippen MR) is 118 cm³/mol. The molecule has 27 heavy (non-hydrogen) atoms. The number of anilines is 1. The summed E-state index contributed by atoms with van der Waals surface area (Å²) in [7, 11) is 2.17. The fourth-order valence-corrected chi connectivity index (χ4v) is 4.88. The summed E-state index contributed by atoms with van der Waals surface area (Å²) in [6.07, 6.45) is 10.3. The number of nitrogens with one attached hydrogen (secondary N) is 1. The van der Waals surface area contributed by atoms with Gasteiger partial charge in [-0.05, 0) is 42.0 Å². The molecule has 2 aromatic rings. The molecule has 1 saturated carbocycles. The Labute approximate surface area is 168 Å². The zero-order chi connectivity index (χ0) is 19.4. The van der Waals surface area contributed by atoms with Crippen LogP contribution in [0, 0.1) is 0 Å². The van der Waals surface area contributed by atoms with Crippen LogP contribution in [0.1, 0.15) is 69.4 Å². The van der Waals surface area contributed by atoms with E-state index in [0.717, 1.165) is 5.70 Å². The van der Waals surface area contributed by atoms with Gasteiger partial charge < -0.3 is 10.2 Å². The molecule has 146 valence electrons. The highest BCUT2D eigenvalue weighted by molar-refractivity contribution is 7.16. The fourth-order valence-electron chi connectivity index (χ4n) is 3.83. The van der Waals surface area contributed by atoms with Crippen LogP contribution in [-0.4, -0.2) is 18.1 Å². The number of hydrogen-bond acceptors (Lipinski definition) is 4. The summed E-state index contributed by atoms with van der Waals surface area (Å²) in [4.78, 5) is 8.11. The molecule has 2 aromatic heterocycles. The molecule has 0 spiro atoms. The van der Waals surface area contributed by atoms with E-state index >= 15 is 0 Å². The first kappa shape index (κ1) is 19.9. The second-order valence-electron chi connectivity index (χ2n) is 8.69. The van der Waals surface area contributed by atoms with Gasteiger partial charge in [0.2, 0.25) is 0 Å². The van der Waals surface area contributed by atoms with E-state index in [-0.39, 0.29) is 11.5 Å². The number of aromatic nitrogens is 1. The average Bonchev–Trinajstić information content (AvgIpc) is 3.14. The van der Waals surface area contributed by atoms with Crippen molar-refractivity contribution in [3.63, 3.8) is 0 Å². The average molecular weight is 384 g/mol. The number of rotatable bonds is 6. The van der Waals surface area contributed by atoms with Crippen LogP contribution in [0.2, 0.25) is 0 Å². The maximum Gasteiger partial charge on any atom is 0.0953 e. The lowest BCUT2D eigenvalue weighted by Gasteiger charge is -2.34. The van der Waals surface area contributed by atoms with Gasteiger partial charge in [-0.2, -0.15) is 0 Å². The summed E-state index contributed by atoms with van der Waals surface area (Å²) >= 11 is 1.87. The lowest BCUT2D eigenvalue weighted by Crippen LogP contribution is -2.37. The molecular formula is C23H33N3S. The minimum atomic E-state index is 0.0760. The van der Waals surface area contributed by atoms with Crippen LogP contribution in [0.5, 0.6) is 0 Å². The molecule has 0 aliphatic heterocycles. The second-order valence-corrected chi connectivity index (χ2v) is 9.75. The monoisotopic (exact) mass is 383 g/mol. The van der Waals surface area contributed by atoms with Gasteiger partial charge in [0.1, 0.15) is 0 Å². The van der Waals surface area contributed by atoms with Gasteiger partial charge in [0.15, 0.2) is 0 Å². The molecule has 0 bridgehead atoms. The summed E-state index contributed by atoms with van der Waals surface area (Å²) in [5, 5.41) is 5.01. The first-order valence-corrected chi connectivity index (χ1v) is 10.9. The van der Waals surface area contributed by atoms with E-state index < -0.39 is 0 Å². The van der Waals surface area contributed by atoms with Crippen LogP contribution >= 0.6 is 11.3 Å². The molecule has 1 aliphatic rings. The van der Waals surface area contributed by atoms with Crippen molar-refractivity contribution in [3.05, 3.63) is 59.4 Å². The molecule has 1 fully saturated rings. The largest absolute Gasteiger partial charge is 0.384 e. The van der Waals surface area contributed by atoms with Crippen molar-refractivity contribution in [3.8, 4) is 0 Å². The third-order valence-electron chi connectivity index (χ3n) is 5.39. The van der Waals surface area contributed by atoms with E-state index in [2.05, 4.69) is 67.8 Å². The van der Waals surface area contributed by atoms with E-state index in [1.807, 2.05) is 29.8 Å². The highest BCUT2D eigenvalue weighted by Gasteiger charge is 2.26. The second kappa shape index (κ2) is 8.47. The maximum atomic E-state index is 4.45. The maximum absolute atomic E-state index is 4.45. The standard InChI is InChI=1S/C23H33N3S/c1-17(25-19-11-7-6-8-12-19)22(18-10-9-15-24-16-18)26(5)21-14-13-20(27-21)23(2,3)4/h9-10,13-16,19,22,25H,1,6-8,11-12H2,2-5H3. The van der Waals surface area contributed by atoms with Crippen molar-refractivity contribution < 1.29 is 0 Å². The van der Waals surface area contributed by atoms with Crippen LogP contribution in [0.4, 0.5) is 5.00 Å². The van der Waals surface area contributed by atoms with Crippen LogP contribution in [-0.2, 0) is 5.41 Å². The third-order valence-corrected chi connectivity index (χ3v) is 6.99. The van der Waals surface area contributed by atoms with Crippen molar-refractivity contribution in [2.24, 2.45) is 0 Å². The summed E-state index contributed by atoms with van der Waals surface area (Å²) in [5.41, 5.74) is 2.42. The lowest BCUT2D eigenvalue weighted by atomic mass is 9.94. The topological polar surface area (TPSA) is 28.2 Å². The smallest absolute Gasteiger partial charge is 0.0953 e. The van der Waals surface area contributed by atoms with Crippen molar-refractivity contribution in [2.75, 3.05) is 11.9 Å². The molecule has 1 unspecified atom stereocenters. The number of pyridine rings is 1. The fraction of sp³-hybridized carbons (Fsp3) is 0.522. The zero-order valence-electron chi connectivity index (χ0n) is 17.2. The Kier molecular flexibility index (Phi) is 6.25. The van der Waals surface area contributed by atoms with Gasteiger partial charge in [0, 0.05) is 36.1 Å². The quantitative estimate of drug-likeness (QED) is 0.658. The Hall–Kier alpha value is -1.81. The van der Waals surface area contributed by atoms with Crippen molar-refractivity contribution in [1.82, 2.24) is 10.3 Å². The Morgan fingerprint density at radius 1 is 1.22 bits per heavy atom. The minimum absolute atomic E-state index is 0.0760. The van der Waals surface area contributed by atoms with Crippen LogP contribution < -0.4 is 10.2 Å². The summed E-state index contributed by atoms with van der Waals surface area (Å²) < 4.78 is 0. The molecule has 4 heteroatoms. The first-order valence-electron chi connectivity index (χ1n) is 10.0. The van der Waals surface area contributed by atoms with Gasteiger partial charge in [0.25, 0.3) is 0 Å². The number of thiophene rings is 1. The normalized spacial score (nSPS) is 16.7. The summed E-state index contributed by atoms with van der Waals surface area (Å²) in [5.74, 6) is 0. The predicted octanol–water partition coefficient (Wildman–Crippen LogP) is 6.05. The Bertz CT molecular complexity index is 738. The van der Waals surface area contributed by atoms with Crippen molar-refractivity contribution in [1.29, 1.82) is 0 Å². The SMILES string of the molecule is C=C(NC1CCCCC1)C(c1cccnc1)N(C)c1ccc(C(C)(C)C)s1. The van der Waals surface area contributed by atoms with Crippen molar-refractivity contribution in [2.45, 2.75) is 70.4 Å². The van der Waals surface area contributed by atoms with Gasteiger partial charge in [-0.25, -0.2) is 0 Å². The van der Waals surface area contributed by atoms with Gasteiger partial charge in [-0.1, -0.05) is 52.7 Å². The Morgan fingerprint density at radius 3 is 2.56 bits per heavy atom. The van der Waals surface area contributed by atoms with Crippen LogP contribution in [0.3, 0.4) is 0 Å². The molecule has 3 rings (SSSR count). The number of nitrogens with zero attached hydrogens (tertiary/aromatic N) is 2. The molecular weight excluding hydrogens is 350 g/mol. The van der Waals surface area contributed by atoms with Gasteiger partial charge in [-0.3, -0.25) is 4.98 Å². The minimum Gasteiger partial charge on any atom is -0.384 e. The highest BCUT2D eigenvalue weighted by Crippen LogP contribution is 2.38. The molecule has 0 aromatic carbocycles. The molecule has 1 atom stereocenters. The molecule has 3 nitrogen and oxygen atoms in total. The van der Waals surface area contributed by atoms with E-state index in [1.54, 1.807) is 0 Å². The van der Waals surface area contributed by atoms with E-state index in [1.165, 1.54) is 47.5 Å². The zero-order valence-corrected chi connectivity index (χ0v) is 18.0. The van der Waals surface area contributed by atoms with Gasteiger partial charge >= 0.3 is 0 Å². The highest BCUT2D eigenvalue weighted by atomic mass is 32.1. The number of likely N-dealkylation sites (N-methyl/N-ethyl adjacent to an activating group) is 1. The lowest BCUT2D eigenvalue weighted by molar-refractivity contribution is 0.389. The van der Waals surface area contributed by atoms with E-state index in [4.69, 9.17) is 0 Å². The first-order chi connectivity index (χ1) is 12.9. The van der Waals surface area contributed by atoms with E-state index in [9.17, 15) is 0 Å².